The highest BCUT2D eigenvalue weighted by atomic mass is 16.5. The number of hydrogen-bond acceptors (Lipinski definition) is 6. The molecule has 124 valence electrons. The summed E-state index contributed by atoms with van der Waals surface area (Å²) in [6, 6.07) is 4.72. The monoisotopic (exact) mass is 320 g/mol. The van der Waals surface area contributed by atoms with E-state index in [1.165, 1.54) is 20.3 Å². The zero-order valence-corrected chi connectivity index (χ0v) is 13.6. The average Bonchev–Trinajstić information content (AvgIpc) is 2.52. The number of benzene rings is 1. The van der Waals surface area contributed by atoms with Crippen LogP contribution in [0.2, 0.25) is 0 Å². The van der Waals surface area contributed by atoms with E-state index in [-0.39, 0.29) is 5.56 Å². The topological polar surface area (TPSA) is 81.0 Å². The van der Waals surface area contributed by atoms with Crippen LogP contribution in [0.3, 0.4) is 0 Å². The van der Waals surface area contributed by atoms with E-state index in [4.69, 9.17) is 13.9 Å². The zero-order valence-electron chi connectivity index (χ0n) is 13.6. The standard InChI is InChI=1S/C16H20N2O5/c1-18(2)6-5-17-15(19)12-9-11-13(22-4)7-10(21-3)8-14(11)23-16(12)20/h7-9H,5-6H2,1-4H3,(H,17,19). The lowest BCUT2D eigenvalue weighted by Crippen LogP contribution is -2.33. The van der Waals surface area contributed by atoms with Gasteiger partial charge in [0.1, 0.15) is 22.6 Å². The van der Waals surface area contributed by atoms with E-state index in [1.807, 2.05) is 19.0 Å². The normalized spacial score (nSPS) is 10.8. The molecule has 0 saturated carbocycles. The number of ether oxygens (including phenoxy) is 2. The highest BCUT2D eigenvalue weighted by Crippen LogP contribution is 2.30. The number of fused-ring (bicyclic) bond motifs is 1. The lowest BCUT2D eigenvalue weighted by Gasteiger charge is -2.11. The van der Waals surface area contributed by atoms with E-state index in [1.54, 1.807) is 12.1 Å². The van der Waals surface area contributed by atoms with Gasteiger partial charge in [-0.05, 0) is 20.2 Å². The zero-order chi connectivity index (χ0) is 17.0. The van der Waals surface area contributed by atoms with E-state index >= 15 is 0 Å². The highest BCUT2D eigenvalue weighted by Gasteiger charge is 2.16. The van der Waals surface area contributed by atoms with Gasteiger partial charge in [-0.25, -0.2) is 4.79 Å². The first-order chi connectivity index (χ1) is 11.0. The summed E-state index contributed by atoms with van der Waals surface area (Å²) < 4.78 is 15.6. The number of nitrogens with zero attached hydrogens (tertiary/aromatic N) is 1. The Morgan fingerprint density at radius 2 is 1.96 bits per heavy atom. The van der Waals surface area contributed by atoms with E-state index in [0.29, 0.717) is 35.6 Å². The van der Waals surface area contributed by atoms with Gasteiger partial charge in [-0.3, -0.25) is 4.79 Å². The van der Waals surface area contributed by atoms with E-state index < -0.39 is 11.5 Å². The van der Waals surface area contributed by atoms with Gasteiger partial charge in [0.05, 0.1) is 19.6 Å². The van der Waals surface area contributed by atoms with Crippen LogP contribution in [0.15, 0.2) is 27.4 Å². The molecule has 2 aromatic rings. The second-order valence-electron chi connectivity index (χ2n) is 5.25. The molecule has 0 aliphatic carbocycles. The molecule has 0 fully saturated rings. The third kappa shape index (κ3) is 3.81. The molecule has 0 unspecified atom stereocenters. The number of hydrogen-bond donors (Lipinski definition) is 1. The quantitative estimate of drug-likeness (QED) is 0.803. The fourth-order valence-electron chi connectivity index (χ4n) is 2.10. The van der Waals surface area contributed by atoms with Gasteiger partial charge in [0, 0.05) is 25.2 Å². The van der Waals surface area contributed by atoms with Gasteiger partial charge in [0.15, 0.2) is 0 Å². The van der Waals surface area contributed by atoms with Crippen LogP contribution < -0.4 is 20.4 Å². The Bertz CT molecular complexity index is 767. The number of methoxy groups -OCH3 is 2. The number of carbonyl (C=O) groups excluding carboxylic acids is 1. The van der Waals surface area contributed by atoms with Crippen LogP contribution in [0.25, 0.3) is 11.0 Å². The second kappa shape index (κ2) is 7.15. The van der Waals surface area contributed by atoms with Crippen molar-refractivity contribution >= 4 is 16.9 Å². The van der Waals surface area contributed by atoms with E-state index in [9.17, 15) is 9.59 Å². The summed E-state index contributed by atoms with van der Waals surface area (Å²) in [5.41, 5.74) is -0.453. The molecular weight excluding hydrogens is 300 g/mol. The van der Waals surface area contributed by atoms with Crippen molar-refractivity contribution in [1.29, 1.82) is 0 Å². The van der Waals surface area contributed by atoms with Crippen molar-refractivity contribution in [3.05, 3.63) is 34.2 Å². The van der Waals surface area contributed by atoms with Crippen LogP contribution in [0, 0.1) is 0 Å². The van der Waals surface area contributed by atoms with Gasteiger partial charge in [-0.1, -0.05) is 0 Å². The molecule has 0 spiro atoms. The molecule has 2 rings (SSSR count). The number of rotatable bonds is 6. The van der Waals surface area contributed by atoms with Crippen molar-refractivity contribution in [2.75, 3.05) is 41.4 Å². The first-order valence-corrected chi connectivity index (χ1v) is 7.09. The molecule has 1 heterocycles. The van der Waals surface area contributed by atoms with Crippen LogP contribution in [-0.4, -0.2) is 52.2 Å². The third-order valence-electron chi connectivity index (χ3n) is 3.33. The summed E-state index contributed by atoms with van der Waals surface area (Å²) >= 11 is 0. The maximum Gasteiger partial charge on any atom is 0.349 e. The molecule has 1 N–H and O–H groups in total. The summed E-state index contributed by atoms with van der Waals surface area (Å²) in [4.78, 5) is 26.1. The largest absolute Gasteiger partial charge is 0.496 e. The fourth-order valence-corrected chi connectivity index (χ4v) is 2.10. The molecular formula is C16H20N2O5. The summed E-state index contributed by atoms with van der Waals surface area (Å²) in [6.45, 7) is 1.11. The van der Waals surface area contributed by atoms with Gasteiger partial charge in [0.2, 0.25) is 0 Å². The van der Waals surface area contributed by atoms with Gasteiger partial charge in [0.25, 0.3) is 5.91 Å². The van der Waals surface area contributed by atoms with Crippen molar-refractivity contribution in [2.45, 2.75) is 0 Å². The van der Waals surface area contributed by atoms with Gasteiger partial charge < -0.3 is 24.1 Å². The fraction of sp³-hybridized carbons (Fsp3) is 0.375. The Balaban J connectivity index is 2.40. The summed E-state index contributed by atoms with van der Waals surface area (Å²) in [5, 5.41) is 3.22. The molecule has 0 aliphatic rings. The summed E-state index contributed by atoms with van der Waals surface area (Å²) in [5.74, 6) is 0.492. The minimum Gasteiger partial charge on any atom is -0.496 e. The van der Waals surface area contributed by atoms with Crippen LogP contribution in [0.1, 0.15) is 10.4 Å². The number of amides is 1. The average molecular weight is 320 g/mol. The van der Waals surface area contributed by atoms with E-state index in [0.717, 1.165) is 0 Å². The Morgan fingerprint density at radius 3 is 2.57 bits per heavy atom. The molecule has 0 radical (unpaired) electrons. The van der Waals surface area contributed by atoms with Crippen molar-refractivity contribution in [2.24, 2.45) is 0 Å². The molecule has 1 amide bonds. The molecule has 7 nitrogen and oxygen atoms in total. The Kier molecular flexibility index (Phi) is 5.23. The predicted octanol–water partition coefficient (Wildman–Crippen LogP) is 1.10. The first-order valence-electron chi connectivity index (χ1n) is 7.09. The summed E-state index contributed by atoms with van der Waals surface area (Å²) in [7, 11) is 6.80. The van der Waals surface area contributed by atoms with Crippen LogP contribution in [0.4, 0.5) is 0 Å². The number of nitrogens with one attached hydrogen (secondary N) is 1. The molecule has 0 saturated heterocycles. The molecule has 7 heteroatoms. The molecule has 1 aromatic heterocycles. The predicted molar refractivity (Wildman–Crippen MR) is 86.5 cm³/mol. The Hall–Kier alpha value is -2.54. The maximum absolute atomic E-state index is 12.2. The lowest BCUT2D eigenvalue weighted by atomic mass is 10.1. The van der Waals surface area contributed by atoms with Crippen molar-refractivity contribution in [3.63, 3.8) is 0 Å². The van der Waals surface area contributed by atoms with Gasteiger partial charge >= 0.3 is 5.63 Å². The van der Waals surface area contributed by atoms with Crippen LogP contribution in [-0.2, 0) is 0 Å². The van der Waals surface area contributed by atoms with Crippen LogP contribution in [0.5, 0.6) is 11.5 Å². The van der Waals surface area contributed by atoms with Crippen molar-refractivity contribution in [1.82, 2.24) is 10.2 Å². The second-order valence-corrected chi connectivity index (χ2v) is 5.25. The van der Waals surface area contributed by atoms with Gasteiger partial charge in [-0.2, -0.15) is 0 Å². The summed E-state index contributed by atoms with van der Waals surface area (Å²) in [6.07, 6.45) is 0. The maximum atomic E-state index is 12.2. The highest BCUT2D eigenvalue weighted by molar-refractivity contribution is 5.98. The SMILES string of the molecule is COc1cc(OC)c2cc(C(=O)NCCN(C)C)c(=O)oc2c1. The van der Waals surface area contributed by atoms with Crippen molar-refractivity contribution < 1.29 is 18.7 Å². The Labute approximate surface area is 133 Å². The molecule has 23 heavy (non-hydrogen) atoms. The lowest BCUT2D eigenvalue weighted by molar-refractivity contribution is 0.0947. The first kappa shape index (κ1) is 16.8. The third-order valence-corrected chi connectivity index (χ3v) is 3.33. The molecule has 0 atom stereocenters. The minimum atomic E-state index is -0.699. The minimum absolute atomic E-state index is 0.0558. The molecule has 0 bridgehead atoms. The van der Waals surface area contributed by atoms with Crippen molar-refractivity contribution in [3.8, 4) is 11.5 Å². The Morgan fingerprint density at radius 1 is 1.22 bits per heavy atom. The van der Waals surface area contributed by atoms with E-state index in [2.05, 4.69) is 5.32 Å². The van der Waals surface area contributed by atoms with Gasteiger partial charge in [-0.15, -0.1) is 0 Å². The number of likely N-dealkylation sites (N-methyl/N-ethyl adjacent to an activating group) is 1. The molecule has 0 aliphatic heterocycles. The number of carbonyl (C=O) groups is 1. The smallest absolute Gasteiger partial charge is 0.349 e. The molecule has 1 aromatic carbocycles. The van der Waals surface area contributed by atoms with Crippen LogP contribution >= 0.6 is 0 Å².